The van der Waals surface area contributed by atoms with Gasteiger partial charge in [-0.15, -0.1) is 0 Å². The van der Waals surface area contributed by atoms with Gasteiger partial charge in [-0.25, -0.2) is 8.42 Å². The van der Waals surface area contributed by atoms with Crippen molar-refractivity contribution in [2.45, 2.75) is 51.5 Å². The molecule has 7 nitrogen and oxygen atoms in total. The molecule has 0 saturated carbocycles. The van der Waals surface area contributed by atoms with Gasteiger partial charge < -0.3 is 14.9 Å². The number of aliphatic hydroxyl groups is 1. The Morgan fingerprint density at radius 3 is 2.46 bits per heavy atom. The number of nitrogens with one attached hydrogen (secondary N) is 1. The summed E-state index contributed by atoms with van der Waals surface area (Å²) in [6.07, 6.45) is 0.466. The summed E-state index contributed by atoms with van der Waals surface area (Å²) in [5.41, 5.74) is 0.510. The highest BCUT2D eigenvalue weighted by molar-refractivity contribution is 7.91. The highest BCUT2D eigenvalue weighted by Crippen LogP contribution is 2.23. The van der Waals surface area contributed by atoms with Crippen LogP contribution in [0.4, 0.5) is 0 Å². The molecular weight excluding hydrogens is 380 g/mol. The minimum Gasteiger partial charge on any atom is -0.393 e. The van der Waals surface area contributed by atoms with Crippen LogP contribution in [0, 0.1) is 5.41 Å². The number of carbonyl (C=O) groups is 1. The first-order chi connectivity index (χ1) is 13.0. The fourth-order valence-corrected chi connectivity index (χ4v) is 3.90. The van der Waals surface area contributed by atoms with Gasteiger partial charge in [0, 0.05) is 18.2 Å². The lowest BCUT2D eigenvalue weighted by Crippen LogP contribution is -2.32. The Hall–Kier alpha value is -2.19. The number of aromatic nitrogens is 1. The number of rotatable bonds is 8. The fraction of sp³-hybridized carbons (Fsp3) is 0.500. The van der Waals surface area contributed by atoms with E-state index in [2.05, 4.69) is 10.5 Å². The maximum absolute atomic E-state index is 12.2. The average Bonchev–Trinajstić information content (AvgIpc) is 3.11. The molecule has 0 spiro atoms. The normalized spacial score (nSPS) is 13.3. The molecule has 2 rings (SSSR count). The minimum absolute atomic E-state index is 0.100. The average molecular weight is 409 g/mol. The summed E-state index contributed by atoms with van der Waals surface area (Å²) in [7, 11) is -3.28. The van der Waals surface area contributed by atoms with Gasteiger partial charge in [0.15, 0.2) is 21.3 Å². The molecule has 0 aliphatic carbocycles. The quantitative estimate of drug-likeness (QED) is 0.695. The Balaban J connectivity index is 2.01. The predicted octanol–water partition coefficient (Wildman–Crippen LogP) is 3.05. The van der Waals surface area contributed by atoms with Crippen LogP contribution in [0.15, 0.2) is 39.8 Å². The molecule has 8 heteroatoms. The molecule has 1 amide bonds. The van der Waals surface area contributed by atoms with Crippen molar-refractivity contribution in [1.82, 2.24) is 10.5 Å². The Morgan fingerprint density at radius 2 is 1.89 bits per heavy atom. The molecule has 2 aromatic rings. The van der Waals surface area contributed by atoms with E-state index in [1.54, 1.807) is 12.1 Å². The first kappa shape index (κ1) is 22.1. The van der Waals surface area contributed by atoms with E-state index in [1.807, 2.05) is 27.7 Å². The van der Waals surface area contributed by atoms with Crippen molar-refractivity contribution in [3.8, 4) is 11.3 Å². The molecule has 2 N–H and O–H groups in total. The molecule has 28 heavy (non-hydrogen) atoms. The van der Waals surface area contributed by atoms with Crippen molar-refractivity contribution in [2.75, 3.05) is 12.3 Å². The molecule has 154 valence electrons. The van der Waals surface area contributed by atoms with Gasteiger partial charge in [-0.1, -0.05) is 32.9 Å². The number of hydrogen-bond acceptors (Lipinski definition) is 6. The second kappa shape index (κ2) is 8.87. The van der Waals surface area contributed by atoms with Crippen molar-refractivity contribution in [3.05, 3.63) is 36.0 Å². The molecular formula is C20H28N2O5S. The van der Waals surface area contributed by atoms with Crippen LogP contribution < -0.4 is 5.32 Å². The summed E-state index contributed by atoms with van der Waals surface area (Å²) >= 11 is 0. The van der Waals surface area contributed by atoms with Gasteiger partial charge in [0.25, 0.3) is 5.91 Å². The van der Waals surface area contributed by atoms with Crippen LogP contribution in [0.3, 0.4) is 0 Å². The zero-order valence-electron chi connectivity index (χ0n) is 16.7. The number of sulfone groups is 1. The summed E-state index contributed by atoms with van der Waals surface area (Å²) in [6.45, 7) is 7.94. The molecule has 1 aromatic carbocycles. The van der Waals surface area contributed by atoms with E-state index in [0.717, 1.165) is 0 Å². The topological polar surface area (TPSA) is 110 Å². The van der Waals surface area contributed by atoms with Gasteiger partial charge in [0.05, 0.1) is 16.8 Å². The lowest BCUT2D eigenvalue weighted by atomic mass is 9.87. The van der Waals surface area contributed by atoms with Gasteiger partial charge in [-0.2, -0.15) is 0 Å². The van der Waals surface area contributed by atoms with E-state index < -0.39 is 21.8 Å². The molecule has 1 unspecified atom stereocenters. The summed E-state index contributed by atoms with van der Waals surface area (Å²) in [4.78, 5) is 12.4. The van der Waals surface area contributed by atoms with E-state index in [-0.39, 0.29) is 21.8 Å². The Morgan fingerprint density at radius 1 is 1.25 bits per heavy atom. The van der Waals surface area contributed by atoms with Crippen molar-refractivity contribution >= 4 is 15.7 Å². The van der Waals surface area contributed by atoms with Gasteiger partial charge >= 0.3 is 0 Å². The van der Waals surface area contributed by atoms with Crippen LogP contribution in [0.5, 0.6) is 0 Å². The number of carbonyl (C=O) groups excluding carboxylic acids is 1. The van der Waals surface area contributed by atoms with Crippen LogP contribution in [0.25, 0.3) is 11.3 Å². The minimum atomic E-state index is -3.28. The highest BCUT2D eigenvalue weighted by Gasteiger charge is 2.22. The summed E-state index contributed by atoms with van der Waals surface area (Å²) in [6, 6.07) is 7.81. The molecule has 0 aliphatic rings. The smallest absolute Gasteiger partial charge is 0.273 e. The fourth-order valence-electron chi connectivity index (χ4n) is 2.58. The SMILES string of the molecule is CCCS(=O)(=O)c1ccc(-c2cc(C(=O)NCCC(O)C(C)(C)C)no2)cc1. The maximum atomic E-state index is 12.2. The number of benzene rings is 1. The molecule has 1 atom stereocenters. The molecule has 0 fully saturated rings. The molecule has 0 radical (unpaired) electrons. The van der Waals surface area contributed by atoms with E-state index in [1.165, 1.54) is 18.2 Å². The Bertz CT molecular complexity index is 895. The van der Waals surface area contributed by atoms with Gasteiger partial charge in [0.2, 0.25) is 0 Å². The van der Waals surface area contributed by atoms with Gasteiger partial charge in [-0.3, -0.25) is 4.79 Å². The van der Waals surface area contributed by atoms with Crippen molar-refractivity contribution < 1.29 is 22.8 Å². The lowest BCUT2D eigenvalue weighted by molar-refractivity contribution is 0.0550. The van der Waals surface area contributed by atoms with Crippen molar-refractivity contribution in [3.63, 3.8) is 0 Å². The van der Waals surface area contributed by atoms with E-state index in [4.69, 9.17) is 4.52 Å². The van der Waals surface area contributed by atoms with Crippen LogP contribution in [-0.2, 0) is 9.84 Å². The molecule has 0 bridgehead atoms. The third-order valence-electron chi connectivity index (χ3n) is 4.42. The zero-order valence-corrected chi connectivity index (χ0v) is 17.5. The van der Waals surface area contributed by atoms with Crippen molar-refractivity contribution in [1.29, 1.82) is 0 Å². The zero-order chi connectivity index (χ0) is 20.9. The standard InChI is InChI=1S/C20H28N2O5S/c1-5-12-28(25,26)15-8-6-14(7-9-15)17-13-16(22-27-17)19(24)21-11-10-18(23)20(2,3)4/h6-9,13,18,23H,5,10-12H2,1-4H3,(H,21,24). The van der Waals surface area contributed by atoms with Gasteiger partial charge in [0.1, 0.15) is 0 Å². The second-order valence-corrected chi connectivity index (χ2v) is 9.96. The number of nitrogens with zero attached hydrogens (tertiary/aromatic N) is 1. The number of aliphatic hydroxyl groups excluding tert-OH is 1. The Labute approximate surface area is 166 Å². The van der Waals surface area contributed by atoms with Gasteiger partial charge in [-0.05, 0) is 42.5 Å². The second-order valence-electron chi connectivity index (χ2n) is 7.85. The third-order valence-corrected chi connectivity index (χ3v) is 6.35. The third kappa shape index (κ3) is 5.65. The lowest BCUT2D eigenvalue weighted by Gasteiger charge is -2.25. The predicted molar refractivity (Wildman–Crippen MR) is 107 cm³/mol. The number of amides is 1. The highest BCUT2D eigenvalue weighted by atomic mass is 32.2. The Kier molecular flexibility index (Phi) is 7.01. The molecule has 1 heterocycles. The summed E-state index contributed by atoms with van der Waals surface area (Å²) in [5, 5.41) is 16.5. The monoisotopic (exact) mass is 408 g/mol. The molecule has 0 saturated heterocycles. The summed E-state index contributed by atoms with van der Waals surface area (Å²) in [5.74, 6) is 0.0839. The largest absolute Gasteiger partial charge is 0.393 e. The first-order valence-corrected chi connectivity index (χ1v) is 11.0. The van der Waals surface area contributed by atoms with Crippen molar-refractivity contribution in [2.24, 2.45) is 5.41 Å². The van der Waals surface area contributed by atoms with Crippen LogP contribution in [-0.4, -0.2) is 43.0 Å². The van der Waals surface area contributed by atoms with E-state index >= 15 is 0 Å². The first-order valence-electron chi connectivity index (χ1n) is 9.31. The molecule has 0 aliphatic heterocycles. The summed E-state index contributed by atoms with van der Waals surface area (Å²) < 4.78 is 29.4. The molecule has 1 aromatic heterocycles. The van der Waals surface area contributed by atoms with E-state index in [0.29, 0.717) is 30.7 Å². The van der Waals surface area contributed by atoms with Crippen LogP contribution in [0.1, 0.15) is 51.0 Å². The van der Waals surface area contributed by atoms with E-state index in [9.17, 15) is 18.3 Å². The van der Waals surface area contributed by atoms with Crippen LogP contribution in [0.2, 0.25) is 0 Å². The number of hydrogen-bond donors (Lipinski definition) is 2. The van der Waals surface area contributed by atoms with Crippen LogP contribution >= 0.6 is 0 Å². The maximum Gasteiger partial charge on any atom is 0.273 e.